The zero-order chi connectivity index (χ0) is 18.4. The molecule has 132 valence electrons. The van der Waals surface area contributed by atoms with E-state index in [2.05, 4.69) is 15.6 Å². The summed E-state index contributed by atoms with van der Waals surface area (Å²) in [5.41, 5.74) is 0.737. The number of hydrogen-bond donors (Lipinski definition) is 2. The second kappa shape index (κ2) is 8.04. The van der Waals surface area contributed by atoms with Gasteiger partial charge in [-0.25, -0.2) is 9.48 Å². The first-order valence-corrected chi connectivity index (χ1v) is 7.54. The highest BCUT2D eigenvalue weighted by molar-refractivity contribution is 5.94. The smallest absolute Gasteiger partial charge is 0.326 e. The van der Waals surface area contributed by atoms with Gasteiger partial charge in [0.1, 0.15) is 12.6 Å². The van der Waals surface area contributed by atoms with Crippen molar-refractivity contribution in [3.63, 3.8) is 0 Å². The molecule has 0 aliphatic heterocycles. The van der Waals surface area contributed by atoms with Crippen LogP contribution in [-0.2, 0) is 22.6 Å². The summed E-state index contributed by atoms with van der Waals surface area (Å²) >= 11 is 0. The van der Waals surface area contributed by atoms with Crippen LogP contribution in [0.3, 0.4) is 0 Å². The molecule has 0 unspecified atom stereocenters. The fraction of sp³-hybridized carbons (Fsp3) is 0.312. The maximum absolute atomic E-state index is 12.2. The number of carboxylic acid groups (broad SMARTS) is 1. The Kier molecular flexibility index (Phi) is 5.83. The van der Waals surface area contributed by atoms with Gasteiger partial charge in [0.25, 0.3) is 5.91 Å². The van der Waals surface area contributed by atoms with Gasteiger partial charge in [0.2, 0.25) is 5.91 Å². The molecule has 2 aromatic rings. The lowest BCUT2D eigenvalue weighted by Crippen LogP contribution is -2.42. The maximum atomic E-state index is 12.2. The Morgan fingerprint density at radius 1 is 1.24 bits per heavy atom. The van der Waals surface area contributed by atoms with Crippen LogP contribution in [0.4, 0.5) is 0 Å². The van der Waals surface area contributed by atoms with Crippen LogP contribution in [0.25, 0.3) is 0 Å². The number of nitrogens with one attached hydrogen (secondary N) is 1. The van der Waals surface area contributed by atoms with Gasteiger partial charge >= 0.3 is 5.97 Å². The van der Waals surface area contributed by atoms with Crippen LogP contribution in [0.15, 0.2) is 36.5 Å². The molecule has 0 aliphatic carbocycles. The molecule has 0 aliphatic rings. The van der Waals surface area contributed by atoms with Gasteiger partial charge < -0.3 is 15.3 Å². The molecule has 0 spiro atoms. The van der Waals surface area contributed by atoms with E-state index in [1.165, 1.54) is 15.8 Å². The third-order valence-corrected chi connectivity index (χ3v) is 3.45. The molecule has 9 nitrogen and oxygen atoms in total. The Labute approximate surface area is 144 Å². The van der Waals surface area contributed by atoms with Crippen molar-refractivity contribution in [2.24, 2.45) is 0 Å². The number of aliphatic carboxylic acids is 1. The number of carboxylic acids is 1. The fourth-order valence-electron chi connectivity index (χ4n) is 2.04. The number of carbonyl (C=O) groups is 3. The van der Waals surface area contributed by atoms with Crippen molar-refractivity contribution < 1.29 is 19.5 Å². The summed E-state index contributed by atoms with van der Waals surface area (Å²) < 4.78 is 1.23. The molecule has 1 aromatic carbocycles. The monoisotopic (exact) mass is 345 g/mol. The molecule has 0 bridgehead atoms. The van der Waals surface area contributed by atoms with Crippen LogP contribution >= 0.6 is 0 Å². The third-order valence-electron chi connectivity index (χ3n) is 3.45. The summed E-state index contributed by atoms with van der Waals surface area (Å²) in [5, 5.41) is 19.1. The number of hydrogen-bond acceptors (Lipinski definition) is 5. The van der Waals surface area contributed by atoms with Crippen molar-refractivity contribution >= 4 is 17.8 Å². The number of amides is 2. The van der Waals surface area contributed by atoms with Gasteiger partial charge in [0.05, 0.1) is 6.20 Å². The van der Waals surface area contributed by atoms with Crippen molar-refractivity contribution in [3.05, 3.63) is 47.8 Å². The average molecular weight is 345 g/mol. The Morgan fingerprint density at radius 2 is 1.92 bits per heavy atom. The molecule has 1 heterocycles. The molecule has 1 aromatic heterocycles. The maximum Gasteiger partial charge on any atom is 0.326 e. The minimum Gasteiger partial charge on any atom is -0.480 e. The second-order valence-electron chi connectivity index (χ2n) is 5.64. The van der Waals surface area contributed by atoms with Crippen molar-refractivity contribution in [2.45, 2.75) is 19.0 Å². The van der Waals surface area contributed by atoms with E-state index in [1.54, 1.807) is 38.4 Å². The first-order valence-electron chi connectivity index (χ1n) is 7.54. The van der Waals surface area contributed by atoms with E-state index in [0.29, 0.717) is 0 Å². The van der Waals surface area contributed by atoms with Gasteiger partial charge in [0, 0.05) is 20.5 Å². The number of likely N-dealkylation sites (N-methyl/N-ethyl adjacent to an activating group) is 1. The summed E-state index contributed by atoms with van der Waals surface area (Å²) in [4.78, 5) is 36.6. The third kappa shape index (κ3) is 5.13. The summed E-state index contributed by atoms with van der Waals surface area (Å²) in [5.74, 6) is -2.01. The zero-order valence-electron chi connectivity index (χ0n) is 13.9. The highest BCUT2D eigenvalue weighted by atomic mass is 16.4. The summed E-state index contributed by atoms with van der Waals surface area (Å²) in [6, 6.07) is 7.89. The molecule has 2 N–H and O–H groups in total. The van der Waals surface area contributed by atoms with Gasteiger partial charge in [-0.15, -0.1) is 5.10 Å². The quantitative estimate of drug-likeness (QED) is 0.717. The Hall–Kier alpha value is -3.23. The lowest BCUT2D eigenvalue weighted by atomic mass is 10.1. The van der Waals surface area contributed by atoms with Crippen molar-refractivity contribution in [2.75, 3.05) is 14.1 Å². The van der Waals surface area contributed by atoms with Crippen LogP contribution in [0.1, 0.15) is 16.1 Å². The van der Waals surface area contributed by atoms with Gasteiger partial charge in [-0.3, -0.25) is 9.59 Å². The first-order chi connectivity index (χ1) is 11.9. The molecule has 2 rings (SSSR count). The Morgan fingerprint density at radius 3 is 2.52 bits per heavy atom. The minimum atomic E-state index is -1.15. The topological polar surface area (TPSA) is 117 Å². The first kappa shape index (κ1) is 18.1. The van der Waals surface area contributed by atoms with E-state index in [9.17, 15) is 19.5 Å². The van der Waals surface area contributed by atoms with Gasteiger partial charge in [-0.2, -0.15) is 0 Å². The standard InChI is InChI=1S/C16H19N5O4/c1-20(2)14(22)10-21-9-13(18-19-21)15(23)17-12(16(24)25)8-11-6-4-3-5-7-11/h3-7,9,12H,8,10H2,1-2H3,(H,17,23)(H,24,25)/t12-/m1/s1. The number of benzene rings is 1. The Balaban J connectivity index is 2.02. The van der Waals surface area contributed by atoms with E-state index in [-0.39, 0.29) is 24.6 Å². The summed E-state index contributed by atoms with van der Waals surface area (Å²) in [6.07, 6.45) is 1.45. The zero-order valence-corrected chi connectivity index (χ0v) is 13.9. The normalized spacial score (nSPS) is 11.6. The largest absolute Gasteiger partial charge is 0.480 e. The van der Waals surface area contributed by atoms with E-state index in [4.69, 9.17) is 0 Å². The van der Waals surface area contributed by atoms with Crippen molar-refractivity contribution in [3.8, 4) is 0 Å². The predicted molar refractivity (Wildman–Crippen MR) is 87.8 cm³/mol. The van der Waals surface area contributed by atoms with Gasteiger partial charge in [-0.1, -0.05) is 35.5 Å². The van der Waals surface area contributed by atoms with Gasteiger partial charge in [-0.05, 0) is 5.56 Å². The SMILES string of the molecule is CN(C)C(=O)Cn1cc(C(=O)N[C@H](Cc2ccccc2)C(=O)O)nn1. The average Bonchev–Trinajstić information content (AvgIpc) is 3.03. The molecular formula is C16H19N5O4. The molecule has 9 heteroatoms. The minimum absolute atomic E-state index is 0.0501. The molecule has 0 saturated heterocycles. The van der Waals surface area contributed by atoms with Gasteiger partial charge in [0.15, 0.2) is 5.69 Å². The number of rotatable bonds is 7. The molecule has 25 heavy (non-hydrogen) atoms. The van der Waals surface area contributed by atoms with Crippen molar-refractivity contribution in [1.29, 1.82) is 0 Å². The van der Waals surface area contributed by atoms with Crippen LogP contribution in [0.5, 0.6) is 0 Å². The summed E-state index contributed by atoms with van der Waals surface area (Å²) in [7, 11) is 3.21. The second-order valence-corrected chi connectivity index (χ2v) is 5.64. The molecule has 0 radical (unpaired) electrons. The Bertz CT molecular complexity index is 757. The highest BCUT2D eigenvalue weighted by Gasteiger charge is 2.23. The van der Waals surface area contributed by atoms with Crippen LogP contribution in [0, 0.1) is 0 Å². The number of aromatic nitrogens is 3. The molecular weight excluding hydrogens is 326 g/mol. The summed E-state index contributed by atoms with van der Waals surface area (Å²) in [6.45, 7) is -0.0559. The fourth-order valence-corrected chi connectivity index (χ4v) is 2.04. The lowest BCUT2D eigenvalue weighted by Gasteiger charge is -2.13. The van der Waals surface area contributed by atoms with E-state index >= 15 is 0 Å². The van der Waals surface area contributed by atoms with Crippen LogP contribution < -0.4 is 5.32 Å². The molecule has 0 fully saturated rings. The predicted octanol–water partition coefficient (Wildman–Crippen LogP) is -0.208. The van der Waals surface area contributed by atoms with Crippen LogP contribution in [0.2, 0.25) is 0 Å². The molecule has 1 atom stereocenters. The number of nitrogens with zero attached hydrogens (tertiary/aromatic N) is 4. The lowest BCUT2D eigenvalue weighted by molar-refractivity contribution is -0.139. The van der Waals surface area contributed by atoms with E-state index < -0.39 is 17.9 Å². The van der Waals surface area contributed by atoms with E-state index in [0.717, 1.165) is 5.56 Å². The molecule has 2 amide bonds. The highest BCUT2D eigenvalue weighted by Crippen LogP contribution is 2.05. The van der Waals surface area contributed by atoms with Crippen LogP contribution in [-0.4, -0.2) is 62.9 Å². The van der Waals surface area contributed by atoms with Crippen molar-refractivity contribution in [1.82, 2.24) is 25.2 Å². The van der Waals surface area contributed by atoms with E-state index in [1.807, 2.05) is 6.07 Å². The number of carbonyl (C=O) groups excluding carboxylic acids is 2. The molecule has 0 saturated carbocycles.